The van der Waals surface area contributed by atoms with Crippen LogP contribution in [-0.4, -0.2) is 25.3 Å². The van der Waals surface area contributed by atoms with Crippen LogP contribution in [0.3, 0.4) is 0 Å². The van der Waals surface area contributed by atoms with Crippen molar-refractivity contribution in [2.45, 2.75) is 0 Å². The SMILES string of the molecule is CN(C)C[P+](N)=O. The van der Waals surface area contributed by atoms with Gasteiger partial charge in [-0.2, -0.15) is 0 Å². The fourth-order valence-corrected chi connectivity index (χ4v) is 0.836. The number of nitrogens with zero attached hydrogens (tertiary/aromatic N) is 1. The molecule has 0 aromatic rings. The van der Waals surface area contributed by atoms with Crippen molar-refractivity contribution in [3.63, 3.8) is 0 Å². The summed E-state index contributed by atoms with van der Waals surface area (Å²) in [6, 6.07) is 0. The third-order valence-corrected chi connectivity index (χ3v) is 1.27. The topological polar surface area (TPSA) is 46.3 Å². The molecule has 0 saturated heterocycles. The first-order chi connectivity index (χ1) is 3.13. The van der Waals surface area contributed by atoms with Gasteiger partial charge in [0.2, 0.25) is 6.29 Å². The average molecular weight is 121 g/mol. The molecule has 0 aromatic carbocycles. The lowest BCUT2D eigenvalue weighted by atomic mass is 11.0. The van der Waals surface area contributed by atoms with Gasteiger partial charge in [-0.1, -0.05) is 0 Å². The minimum atomic E-state index is -1.46. The van der Waals surface area contributed by atoms with E-state index in [2.05, 4.69) is 0 Å². The van der Waals surface area contributed by atoms with Gasteiger partial charge in [-0.15, -0.1) is 5.50 Å². The summed E-state index contributed by atoms with van der Waals surface area (Å²) in [6.45, 7) is 0. The van der Waals surface area contributed by atoms with Gasteiger partial charge in [-0.05, 0) is 18.7 Å². The summed E-state index contributed by atoms with van der Waals surface area (Å²) in [7, 11) is 2.20. The molecule has 0 spiro atoms. The molecule has 0 saturated carbocycles. The largest absolute Gasteiger partial charge is 0.445 e. The van der Waals surface area contributed by atoms with E-state index in [1.165, 1.54) is 0 Å². The van der Waals surface area contributed by atoms with E-state index in [9.17, 15) is 4.57 Å². The minimum absolute atomic E-state index is 0.481. The second-order valence-electron chi connectivity index (χ2n) is 1.64. The van der Waals surface area contributed by atoms with Gasteiger partial charge >= 0.3 is 7.95 Å². The first-order valence-corrected chi connectivity index (χ1v) is 3.48. The van der Waals surface area contributed by atoms with Crippen LogP contribution in [0.4, 0.5) is 0 Å². The van der Waals surface area contributed by atoms with Crippen molar-refractivity contribution in [2.24, 2.45) is 5.50 Å². The van der Waals surface area contributed by atoms with Gasteiger partial charge in [-0.25, -0.2) is 0 Å². The number of hydrogen-bond acceptors (Lipinski definition) is 2. The van der Waals surface area contributed by atoms with Gasteiger partial charge in [-0.3, -0.25) is 4.90 Å². The fourth-order valence-electron chi connectivity index (χ4n) is 0.279. The predicted octanol–water partition coefficient (Wildman–Crippen LogP) is 0.207. The zero-order chi connectivity index (χ0) is 5.86. The maximum atomic E-state index is 10.1. The molecule has 0 heterocycles. The van der Waals surface area contributed by atoms with E-state index >= 15 is 0 Å². The van der Waals surface area contributed by atoms with Gasteiger partial charge in [0, 0.05) is 0 Å². The zero-order valence-electron chi connectivity index (χ0n) is 4.59. The Kier molecular flexibility index (Phi) is 3.09. The van der Waals surface area contributed by atoms with Crippen LogP contribution in [0.2, 0.25) is 0 Å². The number of hydrogen-bond donors (Lipinski definition) is 1. The average Bonchev–Trinajstić information content (AvgIpc) is 1.27. The molecule has 0 rings (SSSR count). The van der Waals surface area contributed by atoms with E-state index in [1.807, 2.05) is 14.1 Å². The standard InChI is InChI=1S/C3H10N2OP/c1-5(2)3-7(4)6/h3H2,1-2H3,(H2,4,6)/q+1. The normalized spacial score (nSPS) is 12.3. The Labute approximate surface area is 44.3 Å². The predicted molar refractivity (Wildman–Crippen MR) is 30.3 cm³/mol. The van der Waals surface area contributed by atoms with Gasteiger partial charge < -0.3 is 0 Å². The molecular formula is C3H10N2OP+. The van der Waals surface area contributed by atoms with Crippen LogP contribution in [0.5, 0.6) is 0 Å². The van der Waals surface area contributed by atoms with Crippen LogP contribution in [0.1, 0.15) is 0 Å². The minimum Gasteiger partial charge on any atom is -0.267 e. The van der Waals surface area contributed by atoms with Crippen molar-refractivity contribution in [1.29, 1.82) is 0 Å². The second-order valence-corrected chi connectivity index (χ2v) is 2.76. The maximum Gasteiger partial charge on any atom is 0.445 e. The van der Waals surface area contributed by atoms with E-state index < -0.39 is 7.95 Å². The molecule has 7 heavy (non-hydrogen) atoms. The van der Waals surface area contributed by atoms with Crippen molar-refractivity contribution in [3.8, 4) is 0 Å². The zero-order valence-corrected chi connectivity index (χ0v) is 5.48. The van der Waals surface area contributed by atoms with Crippen LogP contribution in [0.25, 0.3) is 0 Å². The van der Waals surface area contributed by atoms with E-state index in [0.29, 0.717) is 6.29 Å². The highest BCUT2D eigenvalue weighted by Crippen LogP contribution is 2.05. The van der Waals surface area contributed by atoms with Crippen LogP contribution in [0, 0.1) is 0 Å². The van der Waals surface area contributed by atoms with Gasteiger partial charge in [0.15, 0.2) is 0 Å². The molecule has 0 aliphatic carbocycles. The molecule has 1 unspecified atom stereocenters. The summed E-state index contributed by atoms with van der Waals surface area (Å²) in [5, 5.41) is 0. The summed E-state index contributed by atoms with van der Waals surface area (Å²) in [6.07, 6.45) is 0.481. The lowest BCUT2D eigenvalue weighted by Gasteiger charge is -1.95. The second kappa shape index (κ2) is 3.08. The highest BCUT2D eigenvalue weighted by molar-refractivity contribution is 7.41. The van der Waals surface area contributed by atoms with Crippen LogP contribution in [0.15, 0.2) is 0 Å². The highest BCUT2D eigenvalue weighted by Gasteiger charge is 2.06. The Morgan fingerprint density at radius 1 is 1.71 bits per heavy atom. The van der Waals surface area contributed by atoms with Gasteiger partial charge in [0.05, 0.1) is 0 Å². The summed E-state index contributed by atoms with van der Waals surface area (Å²) in [5.41, 5.74) is 4.96. The molecule has 4 heteroatoms. The Morgan fingerprint density at radius 2 is 2.14 bits per heavy atom. The Morgan fingerprint density at radius 3 is 2.14 bits per heavy atom. The molecule has 3 nitrogen and oxygen atoms in total. The molecule has 0 aliphatic heterocycles. The van der Waals surface area contributed by atoms with Gasteiger partial charge in [0.1, 0.15) is 0 Å². The third-order valence-electron chi connectivity index (χ3n) is 0.422. The van der Waals surface area contributed by atoms with Crippen LogP contribution < -0.4 is 5.50 Å². The summed E-state index contributed by atoms with van der Waals surface area (Å²) < 4.78 is 10.1. The molecular weight excluding hydrogens is 111 g/mol. The van der Waals surface area contributed by atoms with E-state index in [0.717, 1.165) is 0 Å². The molecule has 0 fully saturated rings. The smallest absolute Gasteiger partial charge is 0.267 e. The van der Waals surface area contributed by atoms with E-state index in [1.54, 1.807) is 4.90 Å². The summed E-state index contributed by atoms with van der Waals surface area (Å²) >= 11 is 0. The summed E-state index contributed by atoms with van der Waals surface area (Å²) in [4.78, 5) is 1.79. The molecule has 42 valence electrons. The Bertz CT molecular complexity index is 73.3. The fraction of sp³-hybridized carbons (Fsp3) is 1.00. The molecule has 0 radical (unpaired) electrons. The molecule has 2 N–H and O–H groups in total. The van der Waals surface area contributed by atoms with Crippen molar-refractivity contribution in [3.05, 3.63) is 0 Å². The summed E-state index contributed by atoms with van der Waals surface area (Å²) in [5.74, 6) is 0. The highest BCUT2D eigenvalue weighted by atomic mass is 31.1. The van der Waals surface area contributed by atoms with Crippen molar-refractivity contribution < 1.29 is 4.57 Å². The number of rotatable bonds is 2. The molecule has 0 aliphatic rings. The lowest BCUT2D eigenvalue weighted by molar-refractivity contribution is 0.468. The monoisotopic (exact) mass is 121 g/mol. The lowest BCUT2D eigenvalue weighted by Crippen LogP contribution is -2.11. The first kappa shape index (κ1) is 7.02. The Balaban J connectivity index is 3.13. The Hall–Kier alpha value is 0.0200. The molecule has 1 atom stereocenters. The third kappa shape index (κ3) is 6.02. The molecule has 0 amide bonds. The van der Waals surface area contributed by atoms with Gasteiger partial charge in [0.25, 0.3) is 0 Å². The van der Waals surface area contributed by atoms with Crippen molar-refractivity contribution >= 4 is 7.95 Å². The maximum absolute atomic E-state index is 10.1. The number of nitrogens with two attached hydrogens (primary N) is 1. The molecule has 0 aromatic heterocycles. The first-order valence-electron chi connectivity index (χ1n) is 1.97. The van der Waals surface area contributed by atoms with Crippen molar-refractivity contribution in [2.75, 3.05) is 20.4 Å². The van der Waals surface area contributed by atoms with Crippen LogP contribution >= 0.6 is 7.95 Å². The molecule has 0 bridgehead atoms. The van der Waals surface area contributed by atoms with Crippen molar-refractivity contribution in [1.82, 2.24) is 4.90 Å². The quantitative estimate of drug-likeness (QED) is 0.531. The van der Waals surface area contributed by atoms with E-state index in [-0.39, 0.29) is 0 Å². The van der Waals surface area contributed by atoms with Crippen LogP contribution in [-0.2, 0) is 4.57 Å². The van der Waals surface area contributed by atoms with E-state index in [4.69, 9.17) is 5.50 Å².